The van der Waals surface area contributed by atoms with Crippen molar-refractivity contribution in [2.45, 2.75) is 19.4 Å². The van der Waals surface area contributed by atoms with Gasteiger partial charge in [-0.3, -0.25) is 14.5 Å². The monoisotopic (exact) mass is 353 g/mol. The normalized spacial score (nSPS) is 14.0. The van der Waals surface area contributed by atoms with E-state index >= 15 is 0 Å². The third-order valence-electron chi connectivity index (χ3n) is 4.71. The van der Waals surface area contributed by atoms with Gasteiger partial charge in [-0.2, -0.15) is 0 Å². The van der Waals surface area contributed by atoms with E-state index < -0.39 is 0 Å². The Balaban J connectivity index is 1.54. The minimum atomic E-state index is -0.183. The van der Waals surface area contributed by atoms with Crippen molar-refractivity contribution in [2.24, 2.45) is 0 Å². The lowest BCUT2D eigenvalue weighted by atomic mass is 10.1. The Kier molecular flexibility index (Phi) is 5.18. The molecule has 5 nitrogen and oxygen atoms in total. The molecular weight excluding hydrogens is 326 g/mol. The molecule has 0 bridgehead atoms. The van der Waals surface area contributed by atoms with Crippen molar-refractivity contribution in [2.75, 3.05) is 34.2 Å². The molecular formula is C21H27N3O2+2. The molecule has 1 aromatic heterocycles. The van der Waals surface area contributed by atoms with Crippen LogP contribution >= 0.6 is 0 Å². The molecule has 136 valence electrons. The first-order valence-electron chi connectivity index (χ1n) is 9.09. The summed E-state index contributed by atoms with van der Waals surface area (Å²) in [4.78, 5) is 26.1. The molecule has 5 heteroatoms. The van der Waals surface area contributed by atoms with Crippen LogP contribution in [0.4, 0.5) is 0 Å². The van der Waals surface area contributed by atoms with Crippen LogP contribution in [0.3, 0.4) is 0 Å². The molecule has 26 heavy (non-hydrogen) atoms. The van der Waals surface area contributed by atoms with Crippen molar-refractivity contribution in [1.82, 2.24) is 4.90 Å². The largest absolute Gasteiger partial charge is 0.331 e. The summed E-state index contributed by atoms with van der Waals surface area (Å²) in [5, 5.41) is 0. The number of rotatable bonds is 7. The average molecular weight is 353 g/mol. The first-order valence-corrected chi connectivity index (χ1v) is 9.09. The second-order valence-electron chi connectivity index (χ2n) is 7.87. The summed E-state index contributed by atoms with van der Waals surface area (Å²) < 4.78 is 3.15. The van der Waals surface area contributed by atoms with Gasteiger partial charge in [-0.25, -0.2) is 4.57 Å². The van der Waals surface area contributed by atoms with Crippen LogP contribution in [0.15, 0.2) is 48.8 Å². The molecule has 2 aromatic rings. The van der Waals surface area contributed by atoms with Crippen molar-refractivity contribution in [1.29, 1.82) is 0 Å². The molecule has 0 aliphatic carbocycles. The predicted octanol–water partition coefficient (Wildman–Crippen LogP) is 1.91. The van der Waals surface area contributed by atoms with Crippen molar-refractivity contribution in [3.63, 3.8) is 0 Å². The molecule has 0 N–H and O–H groups in total. The summed E-state index contributed by atoms with van der Waals surface area (Å²) in [6.45, 7) is 2.54. The fourth-order valence-electron chi connectivity index (χ4n) is 3.21. The maximum Gasteiger partial charge on any atom is 0.261 e. The van der Waals surface area contributed by atoms with E-state index in [4.69, 9.17) is 0 Å². The van der Waals surface area contributed by atoms with Gasteiger partial charge in [0.15, 0.2) is 18.9 Å². The smallest absolute Gasteiger partial charge is 0.261 e. The van der Waals surface area contributed by atoms with E-state index in [1.807, 2.05) is 0 Å². The molecule has 2 amide bonds. The van der Waals surface area contributed by atoms with Crippen LogP contribution in [0.2, 0.25) is 0 Å². The second-order valence-corrected chi connectivity index (χ2v) is 7.87. The van der Waals surface area contributed by atoms with Crippen LogP contribution < -0.4 is 4.57 Å². The van der Waals surface area contributed by atoms with E-state index in [0.29, 0.717) is 24.1 Å². The lowest BCUT2D eigenvalue weighted by Crippen LogP contribution is -2.39. The molecule has 1 aliphatic heterocycles. The van der Waals surface area contributed by atoms with Gasteiger partial charge in [-0.15, -0.1) is 0 Å². The van der Waals surface area contributed by atoms with Gasteiger partial charge in [-0.1, -0.05) is 12.1 Å². The van der Waals surface area contributed by atoms with Crippen molar-refractivity contribution >= 4 is 11.8 Å². The number of hydrogen-bond donors (Lipinski definition) is 0. The maximum absolute atomic E-state index is 12.4. The zero-order valence-electron chi connectivity index (χ0n) is 15.8. The number of hydrogen-bond acceptors (Lipinski definition) is 2. The molecule has 1 aromatic carbocycles. The number of imide groups is 1. The number of quaternary nitrogens is 1. The third-order valence-corrected chi connectivity index (χ3v) is 4.71. The van der Waals surface area contributed by atoms with Crippen LogP contribution in [-0.4, -0.2) is 55.4 Å². The topological polar surface area (TPSA) is 41.3 Å². The van der Waals surface area contributed by atoms with Crippen LogP contribution in [0.1, 0.15) is 32.7 Å². The highest BCUT2D eigenvalue weighted by atomic mass is 16.2. The first kappa shape index (κ1) is 18.3. The number of carbonyl (C=O) groups excluding carboxylic acids is 2. The highest BCUT2D eigenvalue weighted by Crippen LogP contribution is 2.22. The Morgan fingerprint density at radius 3 is 2.04 bits per heavy atom. The van der Waals surface area contributed by atoms with Gasteiger partial charge < -0.3 is 4.48 Å². The van der Waals surface area contributed by atoms with Gasteiger partial charge in [0.2, 0.25) is 0 Å². The summed E-state index contributed by atoms with van der Waals surface area (Å²) in [6.07, 6.45) is 5.95. The lowest BCUT2D eigenvalue weighted by molar-refractivity contribution is -0.873. The van der Waals surface area contributed by atoms with Crippen molar-refractivity contribution in [3.05, 3.63) is 65.5 Å². The standard InChI is InChI=1S/C21H27N3O2/c1-24(2,3)16-6-12-22-13-9-17(10-14-22)11-15-23-20(25)18-7-4-5-8-19(18)21(23)26/h4-5,7-10,13-14H,6,11-12,15-16H2,1-3H3/q+2. The Morgan fingerprint density at radius 1 is 0.923 bits per heavy atom. The number of amides is 2. The summed E-state index contributed by atoms with van der Waals surface area (Å²) in [6, 6.07) is 11.2. The molecule has 2 heterocycles. The second kappa shape index (κ2) is 7.38. The zero-order chi connectivity index (χ0) is 18.7. The van der Waals surface area contributed by atoms with Gasteiger partial charge in [0.05, 0.1) is 45.2 Å². The van der Waals surface area contributed by atoms with E-state index in [9.17, 15) is 9.59 Å². The summed E-state index contributed by atoms with van der Waals surface area (Å²) in [5.74, 6) is -0.367. The highest BCUT2D eigenvalue weighted by Gasteiger charge is 2.34. The summed E-state index contributed by atoms with van der Waals surface area (Å²) >= 11 is 0. The van der Waals surface area contributed by atoms with Crippen LogP contribution in [0, 0.1) is 0 Å². The average Bonchev–Trinajstić information content (AvgIpc) is 2.85. The minimum absolute atomic E-state index is 0.183. The molecule has 0 atom stereocenters. The number of carbonyl (C=O) groups is 2. The predicted molar refractivity (Wildman–Crippen MR) is 99.7 cm³/mol. The third kappa shape index (κ3) is 4.17. The number of nitrogens with zero attached hydrogens (tertiary/aromatic N) is 3. The van der Waals surface area contributed by atoms with Gasteiger partial charge in [0, 0.05) is 18.7 Å². The Labute approximate surface area is 155 Å². The fraction of sp³-hybridized carbons (Fsp3) is 0.381. The molecule has 3 rings (SSSR count). The number of aromatic nitrogens is 1. The number of benzene rings is 1. The SMILES string of the molecule is C[N+](C)(C)CCC[n+]1ccc(CCN2C(=O)c3ccccc3C2=O)cc1. The minimum Gasteiger partial charge on any atom is -0.331 e. The lowest BCUT2D eigenvalue weighted by Gasteiger charge is -2.22. The molecule has 0 spiro atoms. The van der Waals surface area contributed by atoms with Crippen molar-refractivity contribution in [3.8, 4) is 0 Å². The molecule has 0 unspecified atom stereocenters. The van der Waals surface area contributed by atoms with Crippen LogP contribution in [0.25, 0.3) is 0 Å². The number of fused-ring (bicyclic) bond motifs is 1. The number of aryl methyl sites for hydroxylation is 1. The van der Waals surface area contributed by atoms with Gasteiger partial charge >= 0.3 is 0 Å². The van der Waals surface area contributed by atoms with Crippen molar-refractivity contribution < 1.29 is 18.6 Å². The Bertz CT molecular complexity index is 772. The number of pyridine rings is 1. The fourth-order valence-corrected chi connectivity index (χ4v) is 3.21. The quantitative estimate of drug-likeness (QED) is 0.433. The Morgan fingerprint density at radius 2 is 1.50 bits per heavy atom. The van der Waals surface area contributed by atoms with Crippen LogP contribution in [-0.2, 0) is 13.0 Å². The molecule has 0 fully saturated rings. The van der Waals surface area contributed by atoms with Gasteiger partial charge in [0.25, 0.3) is 11.8 Å². The van der Waals surface area contributed by atoms with Crippen LogP contribution in [0.5, 0.6) is 0 Å². The van der Waals surface area contributed by atoms with Gasteiger partial charge in [-0.05, 0) is 24.1 Å². The first-order chi connectivity index (χ1) is 12.3. The molecule has 0 saturated carbocycles. The molecule has 0 radical (unpaired) electrons. The zero-order valence-corrected chi connectivity index (χ0v) is 15.8. The van der Waals surface area contributed by atoms with Gasteiger partial charge in [0.1, 0.15) is 0 Å². The summed E-state index contributed by atoms with van der Waals surface area (Å²) in [7, 11) is 6.60. The van der Waals surface area contributed by atoms with E-state index in [1.54, 1.807) is 24.3 Å². The van der Waals surface area contributed by atoms with E-state index in [-0.39, 0.29) is 11.8 Å². The molecule has 0 saturated heterocycles. The maximum atomic E-state index is 12.4. The van der Waals surface area contributed by atoms with E-state index in [2.05, 4.69) is 50.2 Å². The Hall–Kier alpha value is -2.53. The summed E-state index contributed by atoms with van der Waals surface area (Å²) in [5.41, 5.74) is 2.16. The van der Waals surface area contributed by atoms with E-state index in [1.165, 1.54) is 4.90 Å². The molecule has 1 aliphatic rings. The van der Waals surface area contributed by atoms with E-state index in [0.717, 1.165) is 29.6 Å². The highest BCUT2D eigenvalue weighted by molar-refractivity contribution is 6.21.